The van der Waals surface area contributed by atoms with Gasteiger partial charge in [-0.1, -0.05) is 58.9 Å². The fourth-order valence-electron chi connectivity index (χ4n) is 3.02. The first-order valence-corrected chi connectivity index (χ1v) is 9.97. The first kappa shape index (κ1) is 21.7. The zero-order valence-electron chi connectivity index (χ0n) is 16.6. The van der Waals surface area contributed by atoms with Crippen molar-refractivity contribution in [1.82, 2.24) is 0 Å². The van der Waals surface area contributed by atoms with Gasteiger partial charge in [0.15, 0.2) is 0 Å². The van der Waals surface area contributed by atoms with E-state index in [1.807, 2.05) is 12.1 Å². The molecule has 0 bridgehead atoms. The van der Waals surface area contributed by atoms with Crippen molar-refractivity contribution in [2.75, 3.05) is 13.7 Å². The molecule has 0 aliphatic carbocycles. The molecule has 1 aromatic carbocycles. The number of carbonyl (C=O) groups is 1. The number of hydrogen-bond donors (Lipinski definition) is 0. The number of benzene rings is 1. The van der Waals surface area contributed by atoms with Crippen molar-refractivity contribution in [3.63, 3.8) is 0 Å². The third-order valence-electron chi connectivity index (χ3n) is 4.61. The molecule has 0 radical (unpaired) electrons. The molecule has 3 heteroatoms. The van der Waals surface area contributed by atoms with Gasteiger partial charge in [-0.15, -0.1) is 0 Å². The summed E-state index contributed by atoms with van der Waals surface area (Å²) in [6, 6.07) is 6.08. The summed E-state index contributed by atoms with van der Waals surface area (Å²) in [6.07, 6.45) is 9.99. The Morgan fingerprint density at radius 2 is 1.52 bits per heavy atom. The minimum Gasteiger partial charge on any atom is -0.456 e. The molecule has 0 N–H and O–H groups in total. The van der Waals surface area contributed by atoms with Crippen LogP contribution in [0.5, 0.6) is 0 Å². The van der Waals surface area contributed by atoms with Gasteiger partial charge in [0.2, 0.25) is 0 Å². The number of rotatable bonds is 13. The highest BCUT2D eigenvalue weighted by Crippen LogP contribution is 2.16. The fourth-order valence-corrected chi connectivity index (χ4v) is 3.02. The summed E-state index contributed by atoms with van der Waals surface area (Å²) in [7, 11) is 1.66. The van der Waals surface area contributed by atoms with Gasteiger partial charge in [-0.3, -0.25) is 0 Å². The van der Waals surface area contributed by atoms with Crippen LogP contribution in [0.2, 0.25) is 0 Å². The van der Waals surface area contributed by atoms with Gasteiger partial charge in [0.1, 0.15) is 6.10 Å². The molecule has 1 unspecified atom stereocenters. The Morgan fingerprint density at radius 1 is 0.920 bits per heavy atom. The van der Waals surface area contributed by atoms with E-state index in [4.69, 9.17) is 9.47 Å². The van der Waals surface area contributed by atoms with Gasteiger partial charge in [0, 0.05) is 7.11 Å². The smallest absolute Gasteiger partial charge is 0.338 e. The highest BCUT2D eigenvalue weighted by Gasteiger charge is 2.17. The number of carbonyl (C=O) groups excluding carboxylic acids is 1. The maximum absolute atomic E-state index is 12.6. The minimum absolute atomic E-state index is 0.154. The average Bonchev–Trinajstić information content (AvgIpc) is 2.64. The molecule has 25 heavy (non-hydrogen) atoms. The lowest BCUT2D eigenvalue weighted by molar-refractivity contribution is 0.00235. The van der Waals surface area contributed by atoms with Crippen LogP contribution in [0.25, 0.3) is 0 Å². The molecule has 1 aromatic rings. The van der Waals surface area contributed by atoms with Gasteiger partial charge in [-0.05, 0) is 48.9 Å². The second kappa shape index (κ2) is 12.9. The van der Waals surface area contributed by atoms with Crippen molar-refractivity contribution in [1.29, 1.82) is 0 Å². The number of unbranched alkanes of at least 4 members (excludes halogenated alkanes) is 5. The molecule has 0 saturated carbocycles. The Bertz CT molecular complexity index is 474. The summed E-state index contributed by atoms with van der Waals surface area (Å²) in [5.74, 6) is -0.224. The molecular formula is C22H36O3. The summed E-state index contributed by atoms with van der Waals surface area (Å²) < 4.78 is 11.0. The number of esters is 1. The lowest BCUT2D eigenvalue weighted by Crippen LogP contribution is -2.23. The molecule has 0 aromatic heterocycles. The molecule has 0 fully saturated rings. The van der Waals surface area contributed by atoms with Crippen molar-refractivity contribution in [2.24, 2.45) is 0 Å². The normalized spacial score (nSPS) is 12.2. The summed E-state index contributed by atoms with van der Waals surface area (Å²) >= 11 is 0. The number of hydrogen-bond acceptors (Lipinski definition) is 3. The molecule has 0 aliphatic rings. The van der Waals surface area contributed by atoms with Gasteiger partial charge < -0.3 is 9.47 Å². The predicted molar refractivity (Wildman–Crippen MR) is 104 cm³/mol. The number of ether oxygens (including phenoxy) is 2. The lowest BCUT2D eigenvalue weighted by Gasteiger charge is -2.18. The van der Waals surface area contributed by atoms with E-state index in [9.17, 15) is 4.79 Å². The first-order valence-electron chi connectivity index (χ1n) is 9.97. The molecular weight excluding hydrogens is 312 g/mol. The molecule has 0 amide bonds. The van der Waals surface area contributed by atoms with Gasteiger partial charge in [0.25, 0.3) is 0 Å². The van der Waals surface area contributed by atoms with Crippen molar-refractivity contribution >= 4 is 5.97 Å². The van der Waals surface area contributed by atoms with Crippen LogP contribution < -0.4 is 0 Å². The molecule has 0 spiro atoms. The minimum atomic E-state index is -0.224. The van der Waals surface area contributed by atoms with Gasteiger partial charge in [-0.2, -0.15) is 0 Å². The van der Waals surface area contributed by atoms with Gasteiger partial charge in [0.05, 0.1) is 12.2 Å². The van der Waals surface area contributed by atoms with Crippen LogP contribution in [0.1, 0.15) is 87.2 Å². The van der Waals surface area contributed by atoms with E-state index in [1.165, 1.54) is 43.2 Å². The molecule has 0 heterocycles. The molecule has 142 valence electrons. The first-order chi connectivity index (χ1) is 12.1. The maximum atomic E-state index is 12.6. The second-order valence-electron chi connectivity index (χ2n) is 6.78. The van der Waals surface area contributed by atoms with Crippen molar-refractivity contribution in [2.45, 2.75) is 84.7 Å². The lowest BCUT2D eigenvalue weighted by atomic mass is 10.0. The zero-order chi connectivity index (χ0) is 18.5. The van der Waals surface area contributed by atoms with E-state index < -0.39 is 0 Å². The van der Waals surface area contributed by atoms with Crippen LogP contribution >= 0.6 is 0 Å². The van der Waals surface area contributed by atoms with E-state index in [0.29, 0.717) is 12.2 Å². The maximum Gasteiger partial charge on any atom is 0.338 e. The van der Waals surface area contributed by atoms with Crippen LogP contribution in [-0.4, -0.2) is 25.8 Å². The van der Waals surface area contributed by atoms with Crippen LogP contribution in [0.15, 0.2) is 18.2 Å². The predicted octanol–water partition coefficient (Wildman–Crippen LogP) is 5.73. The summed E-state index contributed by atoms with van der Waals surface area (Å²) in [5.41, 5.74) is 3.04. The fraction of sp³-hybridized carbons (Fsp3) is 0.682. The van der Waals surface area contributed by atoms with Crippen LogP contribution in [-0.2, 0) is 22.3 Å². The van der Waals surface area contributed by atoms with E-state index in [2.05, 4.69) is 26.8 Å². The monoisotopic (exact) mass is 348 g/mol. The zero-order valence-corrected chi connectivity index (χ0v) is 16.6. The summed E-state index contributed by atoms with van der Waals surface area (Å²) in [6.45, 7) is 6.91. The van der Waals surface area contributed by atoms with Crippen LogP contribution in [0, 0.1) is 0 Å². The standard InChI is InChI=1S/C22H36O3/c1-5-8-9-10-11-12-13-21(17-24-4)25-22(23)20-15-18(6-2)14-19(7-3)16-20/h14-16,21H,5-13,17H2,1-4H3. The molecule has 1 atom stereocenters. The highest BCUT2D eigenvalue weighted by atomic mass is 16.6. The highest BCUT2D eigenvalue weighted by molar-refractivity contribution is 5.90. The van der Waals surface area contributed by atoms with E-state index in [0.717, 1.165) is 25.7 Å². The third-order valence-corrected chi connectivity index (χ3v) is 4.61. The molecule has 3 nitrogen and oxygen atoms in total. The topological polar surface area (TPSA) is 35.5 Å². The second-order valence-corrected chi connectivity index (χ2v) is 6.78. The van der Waals surface area contributed by atoms with Gasteiger partial charge in [-0.25, -0.2) is 4.79 Å². The Kier molecular flexibility index (Phi) is 11.2. The Labute approximate surface area is 154 Å². The number of aryl methyl sites for hydroxylation is 2. The van der Waals surface area contributed by atoms with E-state index in [-0.39, 0.29) is 12.1 Å². The van der Waals surface area contributed by atoms with E-state index >= 15 is 0 Å². The number of methoxy groups -OCH3 is 1. The molecule has 0 aliphatic heterocycles. The van der Waals surface area contributed by atoms with E-state index in [1.54, 1.807) is 7.11 Å². The summed E-state index contributed by atoms with van der Waals surface area (Å²) in [5, 5.41) is 0. The van der Waals surface area contributed by atoms with Crippen LogP contribution in [0.4, 0.5) is 0 Å². The van der Waals surface area contributed by atoms with Crippen molar-refractivity contribution < 1.29 is 14.3 Å². The largest absolute Gasteiger partial charge is 0.456 e. The quantitative estimate of drug-likeness (QED) is 0.337. The summed E-state index contributed by atoms with van der Waals surface area (Å²) in [4.78, 5) is 12.6. The van der Waals surface area contributed by atoms with Crippen LogP contribution in [0.3, 0.4) is 0 Å². The Morgan fingerprint density at radius 3 is 2.08 bits per heavy atom. The van der Waals surface area contributed by atoms with Crippen molar-refractivity contribution in [3.8, 4) is 0 Å². The van der Waals surface area contributed by atoms with Gasteiger partial charge >= 0.3 is 5.97 Å². The molecule has 1 rings (SSSR count). The van der Waals surface area contributed by atoms with Crippen molar-refractivity contribution in [3.05, 3.63) is 34.9 Å². The molecule has 0 saturated heterocycles. The Hall–Kier alpha value is -1.35. The SMILES string of the molecule is CCCCCCCCC(COC)OC(=O)c1cc(CC)cc(CC)c1. The third kappa shape index (κ3) is 8.53. The Balaban J connectivity index is 2.57. The average molecular weight is 349 g/mol.